The van der Waals surface area contributed by atoms with Gasteiger partial charge in [0.1, 0.15) is 0 Å². The fourth-order valence-electron chi connectivity index (χ4n) is 2.73. The van der Waals surface area contributed by atoms with Crippen molar-refractivity contribution in [3.63, 3.8) is 0 Å². The van der Waals surface area contributed by atoms with Crippen molar-refractivity contribution >= 4 is 29.3 Å². The molecular formula is C19H18ClNO3. The first-order valence-corrected chi connectivity index (χ1v) is 7.30. The number of nitrogens with zero attached hydrogens (tertiary/aromatic N) is 1. The number of halogens is 1. The molecule has 0 unspecified atom stereocenters. The standard InChI is InChI=1S/C19H17NO3.ClH/c1-22-12-16-18(19(21)23-2)17(13-8-4-3-5-9-13)14-10-6-7-11-15(14)20-16;/h3-11H,12H2,1-2H3;1H. The summed E-state index contributed by atoms with van der Waals surface area (Å²) in [7, 11) is 2.96. The lowest BCUT2D eigenvalue weighted by atomic mass is 9.94. The zero-order chi connectivity index (χ0) is 16.2. The Hall–Kier alpha value is -2.43. The summed E-state index contributed by atoms with van der Waals surface area (Å²) < 4.78 is 10.2. The molecule has 0 aliphatic carbocycles. The van der Waals surface area contributed by atoms with Gasteiger partial charge in [0.25, 0.3) is 0 Å². The van der Waals surface area contributed by atoms with Gasteiger partial charge in [-0.3, -0.25) is 0 Å². The number of fused-ring (bicyclic) bond motifs is 1. The average Bonchev–Trinajstić information content (AvgIpc) is 2.61. The molecule has 0 radical (unpaired) electrons. The number of hydrogen-bond donors (Lipinski definition) is 0. The molecule has 1 aromatic heterocycles. The summed E-state index contributed by atoms with van der Waals surface area (Å²) in [6, 6.07) is 17.6. The number of hydrogen-bond acceptors (Lipinski definition) is 4. The molecule has 5 heteroatoms. The van der Waals surface area contributed by atoms with Gasteiger partial charge in [0.05, 0.1) is 30.5 Å². The topological polar surface area (TPSA) is 48.4 Å². The van der Waals surface area contributed by atoms with Crippen molar-refractivity contribution in [2.24, 2.45) is 0 Å². The molecule has 0 atom stereocenters. The van der Waals surface area contributed by atoms with Crippen LogP contribution >= 0.6 is 12.4 Å². The van der Waals surface area contributed by atoms with Gasteiger partial charge in [-0.05, 0) is 11.6 Å². The smallest absolute Gasteiger partial charge is 0.340 e. The number of carbonyl (C=O) groups is 1. The first-order valence-electron chi connectivity index (χ1n) is 7.30. The Bertz CT molecular complexity index is 850. The van der Waals surface area contributed by atoms with Crippen molar-refractivity contribution in [1.82, 2.24) is 4.98 Å². The van der Waals surface area contributed by atoms with Crippen LogP contribution in [0.4, 0.5) is 0 Å². The Kier molecular flexibility index (Phi) is 5.90. The van der Waals surface area contributed by atoms with Crippen molar-refractivity contribution in [3.8, 4) is 11.1 Å². The second-order valence-electron chi connectivity index (χ2n) is 5.12. The highest BCUT2D eigenvalue weighted by Gasteiger charge is 2.22. The molecule has 1 heterocycles. The Morgan fingerprint density at radius 3 is 2.33 bits per heavy atom. The second-order valence-corrected chi connectivity index (χ2v) is 5.12. The predicted molar refractivity (Wildman–Crippen MR) is 96.5 cm³/mol. The number of methoxy groups -OCH3 is 2. The minimum atomic E-state index is -0.408. The van der Waals surface area contributed by atoms with Gasteiger partial charge in [0.15, 0.2) is 0 Å². The fourth-order valence-corrected chi connectivity index (χ4v) is 2.73. The molecule has 0 amide bonds. The van der Waals surface area contributed by atoms with Gasteiger partial charge in [0.2, 0.25) is 0 Å². The van der Waals surface area contributed by atoms with Crippen LogP contribution in [0.5, 0.6) is 0 Å². The zero-order valence-corrected chi connectivity index (χ0v) is 14.3. The number of carbonyl (C=O) groups excluding carboxylic acids is 1. The lowest BCUT2D eigenvalue weighted by Crippen LogP contribution is -2.11. The minimum Gasteiger partial charge on any atom is -0.465 e. The Morgan fingerprint density at radius 1 is 1.00 bits per heavy atom. The van der Waals surface area contributed by atoms with Crippen LogP contribution in [0.3, 0.4) is 0 Å². The summed E-state index contributed by atoms with van der Waals surface area (Å²) in [5, 5.41) is 0.916. The maximum Gasteiger partial charge on any atom is 0.340 e. The molecule has 0 N–H and O–H groups in total. The van der Waals surface area contributed by atoms with E-state index in [0.29, 0.717) is 11.3 Å². The molecule has 4 nitrogen and oxygen atoms in total. The van der Waals surface area contributed by atoms with Crippen LogP contribution in [0.15, 0.2) is 54.6 Å². The van der Waals surface area contributed by atoms with Crippen molar-refractivity contribution < 1.29 is 14.3 Å². The van der Waals surface area contributed by atoms with Gasteiger partial charge in [0, 0.05) is 18.1 Å². The van der Waals surface area contributed by atoms with Crippen LogP contribution in [-0.4, -0.2) is 25.2 Å². The molecular weight excluding hydrogens is 326 g/mol. The molecule has 0 aliphatic heterocycles. The lowest BCUT2D eigenvalue weighted by molar-refractivity contribution is 0.0596. The van der Waals surface area contributed by atoms with E-state index in [2.05, 4.69) is 4.98 Å². The van der Waals surface area contributed by atoms with E-state index in [0.717, 1.165) is 22.0 Å². The summed E-state index contributed by atoms with van der Waals surface area (Å²) in [4.78, 5) is 17.0. The number of esters is 1. The second kappa shape index (κ2) is 7.90. The van der Waals surface area contributed by atoms with E-state index in [1.54, 1.807) is 7.11 Å². The van der Waals surface area contributed by atoms with E-state index < -0.39 is 5.97 Å². The van der Waals surface area contributed by atoms with Crippen molar-refractivity contribution in [1.29, 1.82) is 0 Å². The van der Waals surface area contributed by atoms with Gasteiger partial charge in [-0.25, -0.2) is 9.78 Å². The highest BCUT2D eigenvalue weighted by molar-refractivity contribution is 6.07. The Morgan fingerprint density at radius 2 is 1.67 bits per heavy atom. The molecule has 3 rings (SSSR count). The van der Waals surface area contributed by atoms with E-state index in [1.165, 1.54) is 7.11 Å². The van der Waals surface area contributed by atoms with Gasteiger partial charge in [-0.15, -0.1) is 12.4 Å². The first kappa shape index (κ1) is 17.9. The van der Waals surface area contributed by atoms with Crippen LogP contribution in [-0.2, 0) is 16.1 Å². The highest BCUT2D eigenvalue weighted by Crippen LogP contribution is 2.33. The van der Waals surface area contributed by atoms with Crippen LogP contribution < -0.4 is 0 Å². The van der Waals surface area contributed by atoms with E-state index >= 15 is 0 Å². The number of pyridine rings is 1. The molecule has 0 fully saturated rings. The molecule has 2 aromatic carbocycles. The lowest BCUT2D eigenvalue weighted by Gasteiger charge is -2.15. The van der Waals surface area contributed by atoms with Crippen molar-refractivity contribution in [3.05, 3.63) is 65.9 Å². The number of rotatable bonds is 4. The van der Waals surface area contributed by atoms with Crippen molar-refractivity contribution in [2.45, 2.75) is 6.61 Å². The summed E-state index contributed by atoms with van der Waals surface area (Å²) >= 11 is 0. The van der Waals surface area contributed by atoms with Gasteiger partial charge >= 0.3 is 5.97 Å². The van der Waals surface area contributed by atoms with Crippen LogP contribution in [0.2, 0.25) is 0 Å². The third-order valence-corrected chi connectivity index (χ3v) is 3.70. The quantitative estimate of drug-likeness (QED) is 0.664. The molecule has 0 aliphatic rings. The fraction of sp³-hybridized carbons (Fsp3) is 0.158. The van der Waals surface area contributed by atoms with Crippen LogP contribution in [0.25, 0.3) is 22.0 Å². The SMILES string of the molecule is COCc1nc2ccccc2c(-c2ccccc2)c1C(=O)OC.Cl. The molecule has 0 spiro atoms. The summed E-state index contributed by atoms with van der Waals surface area (Å²) in [6.07, 6.45) is 0. The van der Waals surface area contributed by atoms with Gasteiger partial charge < -0.3 is 9.47 Å². The summed E-state index contributed by atoms with van der Waals surface area (Å²) in [6.45, 7) is 0.245. The van der Waals surface area contributed by atoms with Gasteiger partial charge in [-0.2, -0.15) is 0 Å². The molecule has 124 valence electrons. The Balaban J connectivity index is 0.00000208. The predicted octanol–water partition coefficient (Wildman–Crippen LogP) is 4.26. The first-order chi connectivity index (χ1) is 11.3. The number of ether oxygens (including phenoxy) is 2. The van der Waals surface area contributed by atoms with Gasteiger partial charge in [-0.1, -0.05) is 48.5 Å². The van der Waals surface area contributed by atoms with Crippen LogP contribution in [0.1, 0.15) is 16.1 Å². The largest absolute Gasteiger partial charge is 0.465 e. The third kappa shape index (κ3) is 3.25. The van der Waals surface area contributed by atoms with Crippen molar-refractivity contribution in [2.75, 3.05) is 14.2 Å². The monoisotopic (exact) mass is 343 g/mol. The molecule has 24 heavy (non-hydrogen) atoms. The summed E-state index contributed by atoms with van der Waals surface area (Å²) in [5.74, 6) is -0.408. The normalized spacial score (nSPS) is 10.2. The molecule has 0 bridgehead atoms. The number of aromatic nitrogens is 1. The maximum absolute atomic E-state index is 12.4. The van der Waals surface area contributed by atoms with E-state index in [4.69, 9.17) is 9.47 Å². The van der Waals surface area contributed by atoms with E-state index in [9.17, 15) is 4.79 Å². The van der Waals surface area contributed by atoms with E-state index in [1.807, 2.05) is 54.6 Å². The van der Waals surface area contributed by atoms with Crippen LogP contribution in [0, 0.1) is 0 Å². The molecule has 0 saturated heterocycles. The maximum atomic E-state index is 12.4. The van der Waals surface area contributed by atoms with E-state index in [-0.39, 0.29) is 19.0 Å². The average molecular weight is 344 g/mol. The molecule has 3 aromatic rings. The number of benzene rings is 2. The molecule has 0 saturated carbocycles. The highest BCUT2D eigenvalue weighted by atomic mass is 35.5. The minimum absolute atomic E-state index is 0. The summed E-state index contributed by atoms with van der Waals surface area (Å²) in [5.41, 5.74) is 3.64. The Labute approximate surface area is 146 Å². The zero-order valence-electron chi connectivity index (χ0n) is 13.5. The third-order valence-electron chi connectivity index (χ3n) is 3.70. The number of para-hydroxylation sites is 1.